The minimum atomic E-state index is -3.30. The Morgan fingerprint density at radius 3 is 2.29 bits per heavy atom. The molecule has 1 amide bonds. The summed E-state index contributed by atoms with van der Waals surface area (Å²) in [7, 11) is -3.30. The fourth-order valence-electron chi connectivity index (χ4n) is 1.47. The van der Waals surface area contributed by atoms with E-state index in [9.17, 15) is 18.0 Å². The predicted molar refractivity (Wildman–Crippen MR) is 77.7 cm³/mol. The van der Waals surface area contributed by atoms with Gasteiger partial charge in [0.1, 0.15) is 0 Å². The molecule has 0 heterocycles. The molecule has 1 rings (SSSR count). The highest BCUT2D eigenvalue weighted by atomic mass is 32.2. The van der Waals surface area contributed by atoms with Gasteiger partial charge >= 0.3 is 5.97 Å². The van der Waals surface area contributed by atoms with Crippen molar-refractivity contribution in [2.75, 3.05) is 12.9 Å². The number of benzene rings is 1. The molecule has 116 valence electrons. The Hall–Kier alpha value is -1.89. The highest BCUT2D eigenvalue weighted by molar-refractivity contribution is 7.90. The molecule has 0 fully saturated rings. The summed E-state index contributed by atoms with van der Waals surface area (Å²) in [5.41, 5.74) is 0.193. The molecule has 1 aromatic rings. The van der Waals surface area contributed by atoms with E-state index in [2.05, 4.69) is 5.32 Å². The van der Waals surface area contributed by atoms with Crippen LogP contribution in [0.4, 0.5) is 0 Å². The summed E-state index contributed by atoms with van der Waals surface area (Å²) >= 11 is 0. The summed E-state index contributed by atoms with van der Waals surface area (Å²) in [6.45, 7) is 3.42. The maximum absolute atomic E-state index is 11.7. The average Bonchev–Trinajstić information content (AvgIpc) is 2.43. The molecule has 0 bridgehead atoms. The van der Waals surface area contributed by atoms with Crippen LogP contribution in [0.2, 0.25) is 0 Å². The van der Waals surface area contributed by atoms with E-state index in [1.807, 2.05) is 13.8 Å². The van der Waals surface area contributed by atoms with Gasteiger partial charge in [-0.25, -0.2) is 13.2 Å². The van der Waals surface area contributed by atoms with Gasteiger partial charge in [0.2, 0.25) is 0 Å². The summed E-state index contributed by atoms with van der Waals surface area (Å²) in [5, 5.41) is 2.67. The van der Waals surface area contributed by atoms with Gasteiger partial charge in [0.05, 0.1) is 10.5 Å². The highest BCUT2D eigenvalue weighted by Crippen LogP contribution is 2.11. The normalized spacial score (nSPS) is 12.5. The first-order valence-electron chi connectivity index (χ1n) is 6.50. The van der Waals surface area contributed by atoms with Gasteiger partial charge in [-0.05, 0) is 37.6 Å². The van der Waals surface area contributed by atoms with Crippen LogP contribution in [0.3, 0.4) is 0 Å². The number of amides is 1. The Balaban J connectivity index is 2.59. The second-order valence-corrected chi connectivity index (χ2v) is 6.77. The van der Waals surface area contributed by atoms with Crippen molar-refractivity contribution in [3.8, 4) is 0 Å². The Morgan fingerprint density at radius 1 is 1.24 bits per heavy atom. The van der Waals surface area contributed by atoms with Crippen molar-refractivity contribution in [1.82, 2.24) is 5.32 Å². The molecule has 0 aliphatic rings. The number of hydrogen-bond donors (Lipinski definition) is 1. The smallest absolute Gasteiger partial charge is 0.338 e. The lowest BCUT2D eigenvalue weighted by atomic mass is 10.2. The van der Waals surface area contributed by atoms with Gasteiger partial charge in [-0.1, -0.05) is 6.92 Å². The number of esters is 1. The molecule has 0 saturated carbocycles. The summed E-state index contributed by atoms with van der Waals surface area (Å²) in [6.07, 6.45) is 1.87. The molecule has 1 N–H and O–H groups in total. The van der Waals surface area contributed by atoms with E-state index in [0.29, 0.717) is 0 Å². The van der Waals surface area contributed by atoms with Crippen LogP contribution in [0.15, 0.2) is 29.2 Å². The zero-order valence-corrected chi connectivity index (χ0v) is 13.1. The molecule has 1 atom stereocenters. The lowest BCUT2D eigenvalue weighted by Crippen LogP contribution is -2.35. The van der Waals surface area contributed by atoms with Crippen molar-refractivity contribution in [2.24, 2.45) is 0 Å². The third-order valence-corrected chi connectivity index (χ3v) is 4.00. The topological polar surface area (TPSA) is 89.5 Å². The van der Waals surface area contributed by atoms with Crippen molar-refractivity contribution < 1.29 is 22.7 Å². The molecule has 1 unspecified atom stereocenters. The maximum atomic E-state index is 11.7. The van der Waals surface area contributed by atoms with Crippen LogP contribution in [0, 0.1) is 0 Å². The van der Waals surface area contributed by atoms with Crippen LogP contribution in [0.1, 0.15) is 30.6 Å². The van der Waals surface area contributed by atoms with Crippen molar-refractivity contribution in [3.05, 3.63) is 29.8 Å². The Labute approximate surface area is 124 Å². The molecule has 7 heteroatoms. The molecule has 0 aromatic heterocycles. The number of rotatable bonds is 6. The summed E-state index contributed by atoms with van der Waals surface area (Å²) in [6, 6.07) is 5.37. The van der Waals surface area contributed by atoms with E-state index in [0.717, 1.165) is 12.7 Å². The molecule has 0 aliphatic carbocycles. The van der Waals surface area contributed by atoms with Crippen molar-refractivity contribution in [3.63, 3.8) is 0 Å². The van der Waals surface area contributed by atoms with E-state index >= 15 is 0 Å². The Bertz CT molecular complexity index is 607. The van der Waals surface area contributed by atoms with Crippen LogP contribution < -0.4 is 5.32 Å². The molecule has 0 spiro atoms. The molecular formula is C14H19NO5S. The first-order chi connectivity index (χ1) is 9.74. The first kappa shape index (κ1) is 17.2. The third-order valence-electron chi connectivity index (χ3n) is 2.87. The van der Waals surface area contributed by atoms with Gasteiger partial charge in [0, 0.05) is 12.3 Å². The number of sulfone groups is 1. The van der Waals surface area contributed by atoms with Gasteiger partial charge in [-0.3, -0.25) is 4.79 Å². The number of carbonyl (C=O) groups excluding carboxylic acids is 2. The zero-order chi connectivity index (χ0) is 16.0. The van der Waals surface area contributed by atoms with E-state index in [1.165, 1.54) is 24.3 Å². The summed E-state index contributed by atoms with van der Waals surface area (Å²) in [5.74, 6) is -1.04. The van der Waals surface area contributed by atoms with E-state index in [4.69, 9.17) is 4.74 Å². The number of carbonyl (C=O) groups is 2. The molecule has 0 radical (unpaired) electrons. The second kappa shape index (κ2) is 7.21. The van der Waals surface area contributed by atoms with Crippen molar-refractivity contribution in [2.45, 2.75) is 31.2 Å². The van der Waals surface area contributed by atoms with Gasteiger partial charge in [-0.2, -0.15) is 0 Å². The van der Waals surface area contributed by atoms with Crippen molar-refractivity contribution >= 4 is 21.7 Å². The standard InChI is InChI=1S/C14H19NO5S/c1-4-10(2)15-13(16)9-20-14(17)11-5-7-12(8-6-11)21(3,18)19/h5-8,10H,4,9H2,1-3H3,(H,15,16). The van der Waals surface area contributed by atoms with Gasteiger partial charge in [-0.15, -0.1) is 0 Å². The lowest BCUT2D eigenvalue weighted by Gasteiger charge is -2.11. The number of ether oxygens (including phenoxy) is 1. The second-order valence-electron chi connectivity index (χ2n) is 4.75. The molecule has 0 aliphatic heterocycles. The van der Waals surface area contributed by atoms with Crippen LogP contribution in [0.25, 0.3) is 0 Å². The lowest BCUT2D eigenvalue weighted by molar-refractivity contribution is -0.124. The Morgan fingerprint density at radius 2 is 1.81 bits per heavy atom. The molecule has 1 aromatic carbocycles. The largest absolute Gasteiger partial charge is 0.452 e. The maximum Gasteiger partial charge on any atom is 0.338 e. The summed E-state index contributed by atoms with van der Waals surface area (Å²) in [4.78, 5) is 23.3. The van der Waals surface area contributed by atoms with Gasteiger partial charge in [0.15, 0.2) is 16.4 Å². The predicted octanol–water partition coefficient (Wildman–Crippen LogP) is 1.16. The fourth-order valence-corrected chi connectivity index (χ4v) is 2.10. The van der Waals surface area contributed by atoms with Gasteiger partial charge < -0.3 is 10.1 Å². The van der Waals surface area contributed by atoms with E-state index in [1.54, 1.807) is 0 Å². The number of hydrogen-bond acceptors (Lipinski definition) is 5. The highest BCUT2D eigenvalue weighted by Gasteiger charge is 2.13. The minimum absolute atomic E-state index is 0.0187. The Kier molecular flexibility index (Phi) is 5.90. The van der Waals surface area contributed by atoms with Crippen LogP contribution in [0.5, 0.6) is 0 Å². The molecule has 6 nitrogen and oxygen atoms in total. The molecular weight excluding hydrogens is 294 g/mol. The monoisotopic (exact) mass is 313 g/mol. The molecule has 21 heavy (non-hydrogen) atoms. The van der Waals surface area contributed by atoms with Crippen LogP contribution in [-0.4, -0.2) is 39.2 Å². The quantitative estimate of drug-likeness (QED) is 0.796. The minimum Gasteiger partial charge on any atom is -0.452 e. The van der Waals surface area contributed by atoms with Crippen LogP contribution >= 0.6 is 0 Å². The van der Waals surface area contributed by atoms with Gasteiger partial charge in [0.25, 0.3) is 5.91 Å². The van der Waals surface area contributed by atoms with E-state index < -0.39 is 15.8 Å². The van der Waals surface area contributed by atoms with E-state index in [-0.39, 0.29) is 29.0 Å². The average molecular weight is 313 g/mol. The third kappa shape index (κ3) is 5.55. The summed E-state index contributed by atoms with van der Waals surface area (Å²) < 4.78 is 27.4. The SMILES string of the molecule is CCC(C)NC(=O)COC(=O)c1ccc(S(C)(=O)=O)cc1. The molecule has 0 saturated heterocycles. The fraction of sp³-hybridized carbons (Fsp3) is 0.429. The first-order valence-corrected chi connectivity index (χ1v) is 8.39. The van der Waals surface area contributed by atoms with Crippen LogP contribution in [-0.2, 0) is 19.4 Å². The van der Waals surface area contributed by atoms with Crippen molar-refractivity contribution in [1.29, 1.82) is 0 Å². The zero-order valence-electron chi connectivity index (χ0n) is 12.3. The number of nitrogens with one attached hydrogen (secondary N) is 1.